The molecule has 3 nitrogen and oxygen atoms in total. The predicted molar refractivity (Wildman–Crippen MR) is 81.6 cm³/mol. The van der Waals surface area contributed by atoms with E-state index in [0.717, 1.165) is 5.56 Å². The largest absolute Gasteiger partial charge is 0.329 e. The second kappa shape index (κ2) is 6.39. The fraction of sp³-hybridized carbons (Fsp3) is 0.200. The molecule has 0 amide bonds. The minimum atomic E-state index is -3.43. The minimum absolute atomic E-state index is 0.0732. The molecule has 0 aliphatic carbocycles. The quantitative estimate of drug-likeness (QED) is 0.923. The Morgan fingerprint density at radius 3 is 2.35 bits per heavy atom. The van der Waals surface area contributed by atoms with Gasteiger partial charge in [-0.05, 0) is 36.2 Å². The molecule has 0 aliphatic heterocycles. The maximum atomic E-state index is 12.5. The Bertz CT molecular complexity index is 671. The molecule has 0 bridgehead atoms. The summed E-state index contributed by atoms with van der Waals surface area (Å²) in [5.41, 5.74) is 6.54. The van der Waals surface area contributed by atoms with E-state index in [2.05, 4.69) is 0 Å². The van der Waals surface area contributed by atoms with E-state index in [9.17, 15) is 8.42 Å². The molecule has 0 spiro atoms. The molecule has 5 heteroatoms. The lowest BCUT2D eigenvalue weighted by molar-refractivity contribution is 0.578. The van der Waals surface area contributed by atoms with Crippen LogP contribution in [-0.2, 0) is 16.3 Å². The average Bonchev–Trinajstić information content (AvgIpc) is 2.45. The molecule has 2 rings (SSSR count). The van der Waals surface area contributed by atoms with Gasteiger partial charge >= 0.3 is 0 Å². The highest BCUT2D eigenvalue weighted by Crippen LogP contribution is 2.20. The molecular weight excluding hydrogens is 294 g/mol. The third kappa shape index (κ3) is 3.39. The van der Waals surface area contributed by atoms with Gasteiger partial charge in [0, 0.05) is 11.6 Å². The molecule has 2 aromatic rings. The first-order valence-electron chi connectivity index (χ1n) is 6.27. The topological polar surface area (TPSA) is 60.2 Å². The van der Waals surface area contributed by atoms with Crippen molar-refractivity contribution in [3.8, 4) is 0 Å². The number of halogens is 1. The van der Waals surface area contributed by atoms with Crippen LogP contribution in [0.15, 0.2) is 59.5 Å². The summed E-state index contributed by atoms with van der Waals surface area (Å²) in [7, 11) is -3.43. The second-order valence-corrected chi connectivity index (χ2v) is 7.21. The van der Waals surface area contributed by atoms with Gasteiger partial charge in [-0.3, -0.25) is 0 Å². The number of nitrogens with two attached hydrogens (primary N) is 1. The standard InChI is InChI=1S/C15H16ClNO2S/c16-13-6-4-5-12(9-13)10-15(11-17)20(18,19)14-7-2-1-3-8-14/h1-9,15H,10-11,17H2. The van der Waals surface area contributed by atoms with Crippen LogP contribution < -0.4 is 5.73 Å². The van der Waals surface area contributed by atoms with Gasteiger partial charge < -0.3 is 5.73 Å². The van der Waals surface area contributed by atoms with Gasteiger partial charge in [0.15, 0.2) is 9.84 Å². The van der Waals surface area contributed by atoms with Crippen molar-refractivity contribution in [2.75, 3.05) is 6.54 Å². The fourth-order valence-corrected chi connectivity index (χ4v) is 3.85. The van der Waals surface area contributed by atoms with Gasteiger partial charge in [-0.1, -0.05) is 41.9 Å². The Hall–Kier alpha value is -1.36. The van der Waals surface area contributed by atoms with E-state index in [4.69, 9.17) is 17.3 Å². The van der Waals surface area contributed by atoms with Crippen LogP contribution in [0.25, 0.3) is 0 Å². The average molecular weight is 310 g/mol. The van der Waals surface area contributed by atoms with Gasteiger partial charge in [0.1, 0.15) is 0 Å². The van der Waals surface area contributed by atoms with Gasteiger partial charge in [0.25, 0.3) is 0 Å². The van der Waals surface area contributed by atoms with Crippen molar-refractivity contribution in [3.05, 3.63) is 65.2 Å². The SMILES string of the molecule is NCC(Cc1cccc(Cl)c1)S(=O)(=O)c1ccccc1. The number of rotatable bonds is 5. The van der Waals surface area contributed by atoms with Crippen molar-refractivity contribution < 1.29 is 8.42 Å². The van der Waals surface area contributed by atoms with Gasteiger partial charge in [0.05, 0.1) is 10.1 Å². The van der Waals surface area contributed by atoms with Crippen LogP contribution in [0.5, 0.6) is 0 Å². The smallest absolute Gasteiger partial charge is 0.182 e. The van der Waals surface area contributed by atoms with Crippen molar-refractivity contribution in [1.29, 1.82) is 0 Å². The maximum Gasteiger partial charge on any atom is 0.182 e. The van der Waals surface area contributed by atoms with Crippen LogP contribution in [0, 0.1) is 0 Å². The molecule has 0 saturated heterocycles. The Kier molecular flexibility index (Phi) is 4.81. The molecule has 1 unspecified atom stereocenters. The van der Waals surface area contributed by atoms with Crippen LogP contribution in [-0.4, -0.2) is 20.2 Å². The minimum Gasteiger partial charge on any atom is -0.329 e. The van der Waals surface area contributed by atoms with Crippen LogP contribution in [0.1, 0.15) is 5.56 Å². The highest BCUT2D eigenvalue weighted by molar-refractivity contribution is 7.92. The lowest BCUT2D eigenvalue weighted by Crippen LogP contribution is -2.32. The van der Waals surface area contributed by atoms with Crippen molar-refractivity contribution in [2.45, 2.75) is 16.6 Å². The van der Waals surface area contributed by atoms with Gasteiger partial charge in [-0.15, -0.1) is 0 Å². The van der Waals surface area contributed by atoms with Crippen LogP contribution in [0.4, 0.5) is 0 Å². The summed E-state index contributed by atoms with van der Waals surface area (Å²) < 4.78 is 25.1. The summed E-state index contributed by atoms with van der Waals surface area (Å²) in [6, 6.07) is 15.6. The summed E-state index contributed by atoms with van der Waals surface area (Å²) in [4.78, 5) is 0.303. The lowest BCUT2D eigenvalue weighted by atomic mass is 10.1. The van der Waals surface area contributed by atoms with Gasteiger partial charge in [-0.25, -0.2) is 8.42 Å². The normalized spacial score (nSPS) is 13.1. The summed E-state index contributed by atoms with van der Waals surface area (Å²) in [6.07, 6.45) is 0.355. The highest BCUT2D eigenvalue weighted by atomic mass is 35.5. The number of hydrogen-bond acceptors (Lipinski definition) is 3. The zero-order valence-electron chi connectivity index (χ0n) is 10.9. The van der Waals surface area contributed by atoms with Crippen molar-refractivity contribution in [3.63, 3.8) is 0 Å². The van der Waals surface area contributed by atoms with E-state index in [-0.39, 0.29) is 6.54 Å². The van der Waals surface area contributed by atoms with Gasteiger partial charge in [-0.2, -0.15) is 0 Å². The molecule has 0 fully saturated rings. The zero-order valence-corrected chi connectivity index (χ0v) is 12.4. The molecule has 1 atom stereocenters. The summed E-state index contributed by atoms with van der Waals surface area (Å²) in [5, 5.41) is -0.0567. The van der Waals surface area contributed by atoms with E-state index in [1.54, 1.807) is 48.5 Å². The number of hydrogen-bond donors (Lipinski definition) is 1. The van der Waals surface area contributed by atoms with E-state index < -0.39 is 15.1 Å². The Balaban J connectivity index is 2.29. The van der Waals surface area contributed by atoms with Crippen molar-refractivity contribution in [1.82, 2.24) is 0 Å². The van der Waals surface area contributed by atoms with Crippen LogP contribution in [0.3, 0.4) is 0 Å². The number of benzene rings is 2. The monoisotopic (exact) mass is 309 g/mol. The van der Waals surface area contributed by atoms with Crippen LogP contribution in [0.2, 0.25) is 5.02 Å². The third-order valence-electron chi connectivity index (χ3n) is 3.13. The van der Waals surface area contributed by atoms with Crippen molar-refractivity contribution in [2.24, 2.45) is 5.73 Å². The summed E-state index contributed by atoms with van der Waals surface area (Å²) in [6.45, 7) is 0.0732. The number of sulfone groups is 1. The fourth-order valence-electron chi connectivity index (χ4n) is 2.05. The molecule has 2 aromatic carbocycles. The van der Waals surface area contributed by atoms with Crippen LogP contribution >= 0.6 is 11.6 Å². The first-order valence-corrected chi connectivity index (χ1v) is 8.20. The Labute approximate surface area is 124 Å². The summed E-state index contributed by atoms with van der Waals surface area (Å²) >= 11 is 5.92. The van der Waals surface area contributed by atoms with Crippen molar-refractivity contribution >= 4 is 21.4 Å². The lowest BCUT2D eigenvalue weighted by Gasteiger charge is -2.16. The first-order chi connectivity index (χ1) is 9.54. The molecule has 2 N–H and O–H groups in total. The van der Waals surface area contributed by atoms with E-state index >= 15 is 0 Å². The molecule has 0 aromatic heterocycles. The first kappa shape index (κ1) is 15.0. The van der Waals surface area contributed by atoms with E-state index in [1.807, 2.05) is 6.07 Å². The summed E-state index contributed by atoms with van der Waals surface area (Å²) in [5.74, 6) is 0. The molecule has 20 heavy (non-hydrogen) atoms. The molecule has 0 aliphatic rings. The molecule has 0 radical (unpaired) electrons. The highest BCUT2D eigenvalue weighted by Gasteiger charge is 2.26. The Morgan fingerprint density at radius 1 is 1.05 bits per heavy atom. The third-order valence-corrected chi connectivity index (χ3v) is 5.53. The molecule has 0 saturated carbocycles. The predicted octanol–water partition coefficient (Wildman–Crippen LogP) is 2.68. The molecule has 106 valence electrons. The maximum absolute atomic E-state index is 12.5. The van der Waals surface area contributed by atoms with E-state index in [1.165, 1.54) is 0 Å². The molecular formula is C15H16ClNO2S. The molecule has 0 heterocycles. The van der Waals surface area contributed by atoms with Gasteiger partial charge in [0.2, 0.25) is 0 Å². The second-order valence-electron chi connectivity index (χ2n) is 4.55. The van der Waals surface area contributed by atoms with E-state index in [0.29, 0.717) is 16.3 Å². The Morgan fingerprint density at radius 2 is 1.75 bits per heavy atom. The zero-order chi connectivity index (χ0) is 14.6.